The SMILES string of the molecule is CCC(C)c1ccccc1NC(=O)C(C)OC(=O)c1ccccc1S(=O)CC. The van der Waals surface area contributed by atoms with E-state index in [0.29, 0.717) is 16.6 Å². The number of rotatable bonds is 8. The van der Waals surface area contributed by atoms with E-state index in [1.807, 2.05) is 24.3 Å². The normalized spacial score (nSPS) is 14.0. The summed E-state index contributed by atoms with van der Waals surface area (Å²) in [4.78, 5) is 25.5. The van der Waals surface area contributed by atoms with Crippen LogP contribution in [0.25, 0.3) is 0 Å². The predicted molar refractivity (Wildman–Crippen MR) is 112 cm³/mol. The number of ether oxygens (including phenoxy) is 1. The van der Waals surface area contributed by atoms with Gasteiger partial charge in [0, 0.05) is 11.4 Å². The number of carbonyl (C=O) groups is 2. The monoisotopic (exact) mass is 401 g/mol. The van der Waals surface area contributed by atoms with Gasteiger partial charge >= 0.3 is 5.97 Å². The number of hydrogen-bond donors (Lipinski definition) is 1. The first-order valence-corrected chi connectivity index (χ1v) is 10.8. The Morgan fingerprint density at radius 2 is 1.68 bits per heavy atom. The Balaban J connectivity index is 2.12. The van der Waals surface area contributed by atoms with Gasteiger partial charge in [-0.05, 0) is 43.0 Å². The van der Waals surface area contributed by atoms with E-state index >= 15 is 0 Å². The average Bonchev–Trinajstić information content (AvgIpc) is 2.72. The van der Waals surface area contributed by atoms with E-state index in [0.717, 1.165) is 17.7 Å². The third-order valence-corrected chi connectivity index (χ3v) is 6.00. The molecule has 0 aromatic heterocycles. The van der Waals surface area contributed by atoms with Gasteiger partial charge in [-0.25, -0.2) is 4.79 Å². The zero-order valence-electron chi connectivity index (χ0n) is 16.7. The fourth-order valence-corrected chi connectivity index (χ4v) is 3.70. The highest BCUT2D eigenvalue weighted by molar-refractivity contribution is 7.85. The van der Waals surface area contributed by atoms with Crippen molar-refractivity contribution >= 4 is 28.4 Å². The van der Waals surface area contributed by atoms with Gasteiger partial charge in [0.15, 0.2) is 6.10 Å². The summed E-state index contributed by atoms with van der Waals surface area (Å²) in [6.45, 7) is 7.49. The van der Waals surface area contributed by atoms with Crippen LogP contribution in [0.4, 0.5) is 5.69 Å². The number of para-hydroxylation sites is 1. The zero-order valence-corrected chi connectivity index (χ0v) is 17.5. The van der Waals surface area contributed by atoms with E-state index in [1.165, 1.54) is 6.92 Å². The number of nitrogens with one attached hydrogen (secondary N) is 1. The first-order valence-electron chi connectivity index (χ1n) is 9.47. The first kappa shape index (κ1) is 21.8. The maximum Gasteiger partial charge on any atom is 0.340 e. The molecule has 0 aliphatic carbocycles. The molecule has 0 heterocycles. The third kappa shape index (κ3) is 5.29. The molecule has 0 saturated heterocycles. The maximum absolute atomic E-state index is 12.6. The van der Waals surface area contributed by atoms with Crippen LogP contribution in [-0.2, 0) is 20.3 Å². The lowest BCUT2D eigenvalue weighted by Crippen LogP contribution is -2.30. The molecule has 1 amide bonds. The van der Waals surface area contributed by atoms with E-state index in [1.54, 1.807) is 31.2 Å². The Morgan fingerprint density at radius 1 is 1.04 bits per heavy atom. The second-order valence-electron chi connectivity index (χ2n) is 6.56. The summed E-state index contributed by atoms with van der Waals surface area (Å²) in [5.41, 5.74) is 1.99. The van der Waals surface area contributed by atoms with Crippen LogP contribution in [0.5, 0.6) is 0 Å². The standard InChI is InChI=1S/C22H27NO4S/c1-5-15(3)17-11-7-9-13-19(17)23-21(24)16(4)27-22(25)18-12-8-10-14-20(18)28(26)6-2/h7-16H,5-6H2,1-4H3,(H,23,24). The van der Waals surface area contributed by atoms with Gasteiger partial charge < -0.3 is 10.1 Å². The van der Waals surface area contributed by atoms with Crippen LogP contribution >= 0.6 is 0 Å². The first-order chi connectivity index (χ1) is 13.4. The number of hydrogen-bond acceptors (Lipinski definition) is 4. The third-order valence-electron chi connectivity index (χ3n) is 4.63. The molecule has 0 fully saturated rings. The van der Waals surface area contributed by atoms with Crippen molar-refractivity contribution in [3.8, 4) is 0 Å². The fraction of sp³-hybridized carbons (Fsp3) is 0.364. The summed E-state index contributed by atoms with van der Waals surface area (Å²) in [5.74, 6) is -0.370. The zero-order chi connectivity index (χ0) is 20.7. The van der Waals surface area contributed by atoms with Gasteiger partial charge in [0.1, 0.15) is 0 Å². The summed E-state index contributed by atoms with van der Waals surface area (Å²) in [6.07, 6.45) is -0.0384. The Labute approximate surface area is 168 Å². The maximum atomic E-state index is 12.6. The van der Waals surface area contributed by atoms with Gasteiger partial charge in [-0.2, -0.15) is 0 Å². The minimum atomic E-state index is -1.29. The van der Waals surface area contributed by atoms with Crippen LogP contribution in [0, 0.1) is 0 Å². The van der Waals surface area contributed by atoms with Crippen molar-refractivity contribution in [1.82, 2.24) is 0 Å². The Hall–Kier alpha value is -2.47. The van der Waals surface area contributed by atoms with Gasteiger partial charge in [0.2, 0.25) is 0 Å². The highest BCUT2D eigenvalue weighted by Gasteiger charge is 2.23. The molecule has 0 radical (unpaired) electrons. The van der Waals surface area contributed by atoms with Crippen LogP contribution in [0.1, 0.15) is 56.0 Å². The van der Waals surface area contributed by atoms with Crippen molar-refractivity contribution in [3.63, 3.8) is 0 Å². The second kappa shape index (κ2) is 10.2. The molecule has 28 heavy (non-hydrogen) atoms. The number of anilines is 1. The van der Waals surface area contributed by atoms with E-state index in [4.69, 9.17) is 4.74 Å². The smallest absolute Gasteiger partial charge is 0.340 e. The largest absolute Gasteiger partial charge is 0.449 e. The number of esters is 1. The fourth-order valence-electron chi connectivity index (χ4n) is 2.76. The Kier molecular flexibility index (Phi) is 7.93. The molecule has 0 aliphatic heterocycles. The van der Waals surface area contributed by atoms with Gasteiger partial charge in [0.05, 0.1) is 21.3 Å². The van der Waals surface area contributed by atoms with Crippen LogP contribution < -0.4 is 5.32 Å². The highest BCUT2D eigenvalue weighted by atomic mass is 32.2. The molecule has 2 rings (SSSR count). The number of benzene rings is 2. The van der Waals surface area contributed by atoms with E-state index in [-0.39, 0.29) is 5.56 Å². The molecular formula is C22H27NO4S. The summed E-state index contributed by atoms with van der Waals surface area (Å²) in [5, 5.41) is 2.85. The summed E-state index contributed by atoms with van der Waals surface area (Å²) in [7, 11) is -1.29. The van der Waals surface area contributed by atoms with Crippen LogP contribution in [0.3, 0.4) is 0 Å². The van der Waals surface area contributed by atoms with Crippen molar-refractivity contribution in [2.75, 3.05) is 11.1 Å². The lowest BCUT2D eigenvalue weighted by molar-refractivity contribution is -0.123. The summed E-state index contributed by atoms with van der Waals surface area (Å²) < 4.78 is 17.5. The van der Waals surface area contributed by atoms with E-state index in [2.05, 4.69) is 19.2 Å². The van der Waals surface area contributed by atoms with Crippen molar-refractivity contribution in [1.29, 1.82) is 0 Å². The van der Waals surface area contributed by atoms with Crippen molar-refractivity contribution in [2.45, 2.75) is 51.0 Å². The van der Waals surface area contributed by atoms with E-state index in [9.17, 15) is 13.8 Å². The summed E-state index contributed by atoms with van der Waals surface area (Å²) >= 11 is 0. The lowest BCUT2D eigenvalue weighted by Gasteiger charge is -2.18. The van der Waals surface area contributed by atoms with Crippen LogP contribution in [0.15, 0.2) is 53.4 Å². The van der Waals surface area contributed by atoms with E-state index < -0.39 is 28.8 Å². The van der Waals surface area contributed by atoms with Gasteiger partial charge in [-0.3, -0.25) is 9.00 Å². The lowest BCUT2D eigenvalue weighted by atomic mass is 9.97. The predicted octanol–water partition coefficient (Wildman–Crippen LogP) is 4.51. The van der Waals surface area contributed by atoms with Gasteiger partial charge in [0.25, 0.3) is 5.91 Å². The van der Waals surface area contributed by atoms with Gasteiger partial charge in [-0.1, -0.05) is 51.1 Å². The molecular weight excluding hydrogens is 374 g/mol. The van der Waals surface area contributed by atoms with Crippen molar-refractivity contribution < 1.29 is 18.5 Å². The number of amides is 1. The second-order valence-corrected chi connectivity index (χ2v) is 8.27. The molecule has 0 spiro atoms. The molecule has 150 valence electrons. The van der Waals surface area contributed by atoms with Crippen molar-refractivity contribution in [2.24, 2.45) is 0 Å². The highest BCUT2D eigenvalue weighted by Crippen LogP contribution is 2.26. The topological polar surface area (TPSA) is 72.5 Å². The molecule has 0 saturated carbocycles. The van der Waals surface area contributed by atoms with Crippen LogP contribution in [-0.4, -0.2) is 27.9 Å². The molecule has 3 atom stereocenters. The molecule has 1 N–H and O–H groups in total. The Bertz CT molecular complexity index is 865. The molecule has 2 aromatic carbocycles. The molecule has 3 unspecified atom stereocenters. The molecule has 6 heteroatoms. The van der Waals surface area contributed by atoms with Gasteiger partial charge in [-0.15, -0.1) is 0 Å². The minimum Gasteiger partial charge on any atom is -0.449 e. The molecule has 5 nitrogen and oxygen atoms in total. The van der Waals surface area contributed by atoms with Crippen LogP contribution in [0.2, 0.25) is 0 Å². The minimum absolute atomic E-state index is 0.224. The van der Waals surface area contributed by atoms with Crippen molar-refractivity contribution in [3.05, 3.63) is 59.7 Å². The quantitative estimate of drug-likeness (QED) is 0.661. The Morgan fingerprint density at radius 3 is 2.36 bits per heavy atom. The number of carbonyl (C=O) groups excluding carboxylic acids is 2. The molecule has 2 aromatic rings. The average molecular weight is 402 g/mol. The summed E-state index contributed by atoms with van der Waals surface area (Å²) in [6, 6.07) is 14.2. The molecule has 0 aliphatic rings. The molecule has 0 bridgehead atoms.